The summed E-state index contributed by atoms with van der Waals surface area (Å²) in [4.78, 5) is 9.07. The molecule has 3 rings (SSSR count). The van der Waals surface area contributed by atoms with Crippen LogP contribution in [0.5, 0.6) is 0 Å². The predicted molar refractivity (Wildman–Crippen MR) is 155 cm³/mol. The molecule has 0 bridgehead atoms. The number of hydrogen-bond acceptors (Lipinski definition) is 5. The summed E-state index contributed by atoms with van der Waals surface area (Å²) in [7, 11) is 1.36. The van der Waals surface area contributed by atoms with Crippen molar-refractivity contribution >= 4 is 23.5 Å². The molecule has 0 radical (unpaired) electrons. The molecule has 1 aliphatic carbocycles. The Morgan fingerprint density at radius 2 is 1.60 bits per heavy atom. The SMILES string of the molecule is CC.CCN(CC1CCCC1)c1ncc(SC)cc1CN(Cc1cc(C(F)(F)F)cc(C(F)(F)F)c1)/C(N)=N/N=NC. The monoisotopic (exact) mass is 619 g/mol. The maximum absolute atomic E-state index is 13.5. The minimum atomic E-state index is -4.97. The smallest absolute Gasteiger partial charge is 0.368 e. The van der Waals surface area contributed by atoms with Crippen LogP contribution in [0.3, 0.4) is 0 Å². The van der Waals surface area contributed by atoms with Gasteiger partial charge in [0.05, 0.1) is 18.2 Å². The van der Waals surface area contributed by atoms with Crippen molar-refractivity contribution in [3.8, 4) is 0 Å². The van der Waals surface area contributed by atoms with Crippen molar-refractivity contribution in [2.75, 3.05) is 31.3 Å². The van der Waals surface area contributed by atoms with E-state index in [9.17, 15) is 26.3 Å². The van der Waals surface area contributed by atoms with E-state index in [4.69, 9.17) is 10.7 Å². The summed E-state index contributed by atoms with van der Waals surface area (Å²) in [5.41, 5.74) is 3.82. The van der Waals surface area contributed by atoms with Crippen LogP contribution in [0.1, 0.15) is 68.7 Å². The van der Waals surface area contributed by atoms with Crippen molar-refractivity contribution in [2.24, 2.45) is 27.1 Å². The molecule has 1 heterocycles. The van der Waals surface area contributed by atoms with Crippen LogP contribution in [0.2, 0.25) is 0 Å². The van der Waals surface area contributed by atoms with Crippen LogP contribution in [0.4, 0.5) is 32.2 Å². The van der Waals surface area contributed by atoms with Crippen LogP contribution in [-0.2, 0) is 25.4 Å². The van der Waals surface area contributed by atoms with Gasteiger partial charge < -0.3 is 15.5 Å². The van der Waals surface area contributed by atoms with Gasteiger partial charge >= 0.3 is 12.4 Å². The summed E-state index contributed by atoms with van der Waals surface area (Å²) in [5.74, 6) is 0.992. The second-order valence-electron chi connectivity index (χ2n) is 9.56. The molecule has 1 fully saturated rings. The Balaban J connectivity index is 0.00000301. The third-order valence-corrected chi connectivity index (χ3v) is 7.43. The van der Waals surface area contributed by atoms with Crippen molar-refractivity contribution in [3.63, 3.8) is 0 Å². The summed E-state index contributed by atoms with van der Waals surface area (Å²) in [6, 6.07) is 3.38. The number of alkyl halides is 6. The molecule has 42 heavy (non-hydrogen) atoms. The molecule has 1 aromatic carbocycles. The lowest BCUT2D eigenvalue weighted by Gasteiger charge is -2.30. The van der Waals surface area contributed by atoms with E-state index in [1.165, 1.54) is 36.6 Å². The van der Waals surface area contributed by atoms with E-state index in [2.05, 4.69) is 20.3 Å². The van der Waals surface area contributed by atoms with Crippen molar-refractivity contribution in [1.29, 1.82) is 0 Å². The van der Waals surface area contributed by atoms with Crippen LogP contribution in [0.15, 0.2) is 50.8 Å². The summed E-state index contributed by atoms with van der Waals surface area (Å²) in [6.07, 6.45) is -1.71. The lowest BCUT2D eigenvalue weighted by molar-refractivity contribution is -0.143. The van der Waals surface area contributed by atoms with E-state index in [1.54, 1.807) is 6.20 Å². The summed E-state index contributed by atoms with van der Waals surface area (Å²) < 4.78 is 81.0. The number of thioether (sulfide) groups is 1. The Kier molecular flexibility index (Phi) is 13.4. The second-order valence-corrected chi connectivity index (χ2v) is 10.4. The highest BCUT2D eigenvalue weighted by Crippen LogP contribution is 2.37. The number of hydrogen-bond donors (Lipinski definition) is 1. The van der Waals surface area contributed by atoms with Crippen molar-refractivity contribution in [3.05, 3.63) is 52.7 Å². The lowest BCUT2D eigenvalue weighted by Crippen LogP contribution is -2.37. The Hall–Kier alpha value is -3.03. The standard InChI is InChI=1S/C26H33F6N7S.C2H6/c1-4-38(14-17-7-5-6-8-17)23-19(11-22(40-3)13-35-23)16-39(24(33)36-37-34-2)15-18-9-20(25(27,28)29)12-21(10-18)26(30,31)32;1-2/h9-13,17H,4-8,14-16H2,1-3H3,(H2,33,34,36);1-2H3. The van der Waals surface area contributed by atoms with E-state index in [0.29, 0.717) is 36.0 Å². The van der Waals surface area contributed by atoms with Gasteiger partial charge in [-0.15, -0.1) is 11.8 Å². The zero-order valence-corrected chi connectivity index (χ0v) is 25.4. The summed E-state index contributed by atoms with van der Waals surface area (Å²) >= 11 is 1.46. The molecule has 0 atom stereocenters. The van der Waals surface area contributed by atoms with Crippen LogP contribution in [0.25, 0.3) is 0 Å². The highest BCUT2D eigenvalue weighted by molar-refractivity contribution is 7.98. The van der Waals surface area contributed by atoms with E-state index in [-0.39, 0.29) is 30.7 Å². The summed E-state index contributed by atoms with van der Waals surface area (Å²) in [6.45, 7) is 7.11. The molecule has 2 N–H and O–H groups in total. The lowest BCUT2D eigenvalue weighted by atomic mass is 10.0. The number of guanidine groups is 1. The first-order valence-electron chi connectivity index (χ1n) is 13.8. The molecule has 1 aromatic heterocycles. The third-order valence-electron chi connectivity index (χ3n) is 6.73. The van der Waals surface area contributed by atoms with Gasteiger partial charge in [0, 0.05) is 42.8 Å². The fraction of sp³-hybridized carbons (Fsp3) is 0.571. The molecular weight excluding hydrogens is 580 g/mol. The van der Waals surface area contributed by atoms with E-state index in [0.717, 1.165) is 24.3 Å². The van der Waals surface area contributed by atoms with Gasteiger partial charge in [0.2, 0.25) is 5.96 Å². The molecule has 0 unspecified atom stereocenters. The zero-order chi connectivity index (χ0) is 31.5. The van der Waals surface area contributed by atoms with E-state index >= 15 is 0 Å². The van der Waals surface area contributed by atoms with Crippen LogP contribution < -0.4 is 10.6 Å². The van der Waals surface area contributed by atoms with Gasteiger partial charge in [-0.1, -0.05) is 31.8 Å². The third kappa shape index (κ3) is 10.1. The molecule has 7 nitrogen and oxygen atoms in total. The normalized spacial score (nSPS) is 14.7. The number of anilines is 1. The van der Waals surface area contributed by atoms with Crippen molar-refractivity contribution in [1.82, 2.24) is 9.88 Å². The van der Waals surface area contributed by atoms with Gasteiger partial charge in [-0.3, -0.25) is 0 Å². The topological polar surface area (TPSA) is 82.5 Å². The van der Waals surface area contributed by atoms with Gasteiger partial charge in [-0.2, -0.15) is 31.5 Å². The summed E-state index contributed by atoms with van der Waals surface area (Å²) in [5, 5.41) is 10.8. The average molecular weight is 620 g/mol. The predicted octanol–water partition coefficient (Wildman–Crippen LogP) is 8.20. The Labute approximate surface area is 247 Å². The minimum absolute atomic E-state index is 0.0179. The largest absolute Gasteiger partial charge is 0.416 e. The molecular formula is C28H39F6N7S. The first-order chi connectivity index (χ1) is 19.8. The highest BCUT2D eigenvalue weighted by atomic mass is 32.2. The van der Waals surface area contributed by atoms with E-state index in [1.807, 2.05) is 33.1 Å². The Bertz CT molecular complexity index is 1160. The number of halogens is 6. The van der Waals surface area contributed by atoms with Crippen molar-refractivity contribution in [2.45, 2.75) is 76.8 Å². The molecule has 1 saturated carbocycles. The molecule has 0 saturated heterocycles. The molecule has 14 heteroatoms. The van der Waals surface area contributed by atoms with Crippen LogP contribution in [0, 0.1) is 5.92 Å². The molecule has 234 valence electrons. The van der Waals surface area contributed by atoms with E-state index < -0.39 is 23.5 Å². The highest BCUT2D eigenvalue weighted by Gasteiger charge is 2.37. The molecule has 2 aromatic rings. The maximum atomic E-state index is 13.5. The first kappa shape index (κ1) is 35.2. The van der Waals surface area contributed by atoms with Gasteiger partial charge in [0.15, 0.2) is 0 Å². The van der Waals surface area contributed by atoms with Gasteiger partial charge in [-0.25, -0.2) is 4.98 Å². The number of aromatic nitrogens is 1. The Morgan fingerprint density at radius 3 is 2.10 bits per heavy atom. The molecule has 1 aliphatic rings. The number of nitrogens with zero attached hydrogens (tertiary/aromatic N) is 6. The number of benzene rings is 1. The second kappa shape index (κ2) is 16.0. The quantitative estimate of drug-likeness (QED) is 0.0724. The molecule has 0 aliphatic heterocycles. The first-order valence-corrected chi connectivity index (χ1v) is 15.0. The van der Waals surface area contributed by atoms with Crippen LogP contribution in [-0.4, -0.2) is 42.2 Å². The van der Waals surface area contributed by atoms with Crippen molar-refractivity contribution < 1.29 is 26.3 Å². The van der Waals surface area contributed by atoms with Crippen LogP contribution >= 0.6 is 11.8 Å². The minimum Gasteiger partial charge on any atom is -0.368 e. The van der Waals surface area contributed by atoms with Gasteiger partial charge in [-0.05, 0) is 67.0 Å². The Morgan fingerprint density at radius 1 is 1.00 bits per heavy atom. The molecule has 0 spiro atoms. The average Bonchev–Trinajstić information content (AvgIpc) is 3.47. The number of pyridine rings is 1. The maximum Gasteiger partial charge on any atom is 0.416 e. The van der Waals surface area contributed by atoms with Gasteiger partial charge in [0.1, 0.15) is 5.82 Å². The van der Waals surface area contributed by atoms with Gasteiger partial charge in [0.25, 0.3) is 0 Å². The fourth-order valence-electron chi connectivity index (χ4n) is 4.77. The number of nitrogens with two attached hydrogens (primary N) is 1. The fourth-order valence-corrected chi connectivity index (χ4v) is 5.19. The number of rotatable bonds is 10. The molecule has 0 amide bonds. The zero-order valence-electron chi connectivity index (χ0n) is 24.6.